The van der Waals surface area contributed by atoms with Crippen LogP contribution in [0.1, 0.15) is 0 Å². The van der Waals surface area contributed by atoms with Gasteiger partial charge < -0.3 is 79.9 Å². The molecule has 0 amide bonds. The fraction of sp³-hybridized carbons (Fsp3) is 1.00. The Labute approximate surface area is 192 Å². The van der Waals surface area contributed by atoms with Gasteiger partial charge in [-0.25, -0.2) is 0 Å². The molecule has 16 nitrogen and oxygen atoms in total. The van der Waals surface area contributed by atoms with Gasteiger partial charge in [0.2, 0.25) is 0 Å². The van der Waals surface area contributed by atoms with Crippen molar-refractivity contribution in [2.24, 2.45) is 0 Å². The predicted octanol–water partition coefficient (Wildman–Crippen LogP) is -7.57. The minimum atomic E-state index is -1.93. The zero-order chi connectivity index (χ0) is 25.3. The van der Waals surface area contributed by atoms with E-state index in [9.17, 15) is 56.2 Å². The van der Waals surface area contributed by atoms with Crippen molar-refractivity contribution in [3.05, 3.63) is 0 Å². The van der Waals surface area contributed by atoms with Crippen molar-refractivity contribution in [1.82, 2.24) is 0 Å². The van der Waals surface area contributed by atoms with Crippen LogP contribution in [-0.4, -0.2) is 168 Å². The topological polar surface area (TPSA) is 269 Å². The van der Waals surface area contributed by atoms with Gasteiger partial charge in [0.1, 0.15) is 73.2 Å². The summed E-state index contributed by atoms with van der Waals surface area (Å²) in [5, 5.41) is 109. The molecule has 16 heteroatoms. The van der Waals surface area contributed by atoms with Crippen molar-refractivity contribution in [3.63, 3.8) is 0 Å². The number of hydrogen-bond donors (Lipinski definition) is 11. The van der Waals surface area contributed by atoms with E-state index < -0.39 is 112 Å². The van der Waals surface area contributed by atoms with Crippen LogP contribution in [0.5, 0.6) is 0 Å². The summed E-state index contributed by atoms with van der Waals surface area (Å²) >= 11 is 0. The molecule has 0 bridgehead atoms. The van der Waals surface area contributed by atoms with E-state index in [1.54, 1.807) is 0 Å². The van der Waals surface area contributed by atoms with E-state index in [4.69, 9.17) is 23.7 Å². The fourth-order valence-electron chi connectivity index (χ4n) is 3.94. The average molecular weight is 504 g/mol. The van der Waals surface area contributed by atoms with E-state index in [2.05, 4.69) is 0 Å². The Kier molecular flexibility index (Phi) is 9.54. The number of ether oxygens (including phenoxy) is 5. The first kappa shape index (κ1) is 27.9. The van der Waals surface area contributed by atoms with Gasteiger partial charge in [-0.1, -0.05) is 0 Å². The van der Waals surface area contributed by atoms with Crippen molar-refractivity contribution in [3.8, 4) is 0 Å². The van der Waals surface area contributed by atoms with Gasteiger partial charge in [-0.2, -0.15) is 0 Å². The number of aliphatic hydroxyl groups excluding tert-OH is 11. The van der Waals surface area contributed by atoms with E-state index in [1.165, 1.54) is 0 Å². The Morgan fingerprint density at radius 2 is 1.00 bits per heavy atom. The van der Waals surface area contributed by atoms with Crippen LogP contribution in [0.15, 0.2) is 0 Å². The summed E-state index contributed by atoms with van der Waals surface area (Å²) < 4.78 is 26.1. The van der Waals surface area contributed by atoms with Gasteiger partial charge in [0.05, 0.1) is 19.8 Å². The Morgan fingerprint density at radius 3 is 1.53 bits per heavy atom. The molecule has 3 heterocycles. The Balaban J connectivity index is 1.65. The molecule has 0 aromatic carbocycles. The summed E-state index contributed by atoms with van der Waals surface area (Å²) in [5.74, 6) is 0. The molecule has 11 N–H and O–H groups in total. The minimum Gasteiger partial charge on any atom is -0.394 e. The van der Waals surface area contributed by atoms with Crippen LogP contribution >= 0.6 is 0 Å². The standard InChI is InChI=1S/C18H32O16/c19-1-4-7(21)10(24)12(26)17(32-4)30-3-6-9(23)15(14(28)16(29)31-6)34-18-13(27)11(25)8(22)5(2-20)33-18/h4-29H,1-3H2. The molecule has 3 saturated heterocycles. The molecule has 3 fully saturated rings. The van der Waals surface area contributed by atoms with Crippen LogP contribution in [0.3, 0.4) is 0 Å². The van der Waals surface area contributed by atoms with Gasteiger partial charge in [-0.05, 0) is 0 Å². The molecule has 200 valence electrons. The minimum absolute atomic E-state index is 0.609. The SMILES string of the molecule is OCC1OC(OCC2OC(O)C(O)C(OC3OC(CO)C(O)C(O)C3O)C2O)C(O)C(O)C1O. The molecule has 34 heavy (non-hydrogen) atoms. The van der Waals surface area contributed by atoms with Crippen molar-refractivity contribution in [2.75, 3.05) is 19.8 Å². The van der Waals surface area contributed by atoms with Gasteiger partial charge in [-0.3, -0.25) is 0 Å². The summed E-state index contributed by atoms with van der Waals surface area (Å²) in [5.41, 5.74) is 0. The van der Waals surface area contributed by atoms with Gasteiger partial charge in [0.15, 0.2) is 18.9 Å². The first-order valence-corrected chi connectivity index (χ1v) is 10.6. The third kappa shape index (κ3) is 5.52. The second-order valence-electron chi connectivity index (χ2n) is 8.37. The van der Waals surface area contributed by atoms with E-state index in [1.807, 2.05) is 0 Å². The molecule has 0 aromatic heterocycles. The second kappa shape index (κ2) is 11.6. The lowest BCUT2D eigenvalue weighted by atomic mass is 9.97. The molecular formula is C18H32O16. The van der Waals surface area contributed by atoms with Crippen molar-refractivity contribution in [2.45, 2.75) is 92.1 Å². The summed E-state index contributed by atoms with van der Waals surface area (Å²) in [4.78, 5) is 0. The van der Waals surface area contributed by atoms with Gasteiger partial charge in [-0.15, -0.1) is 0 Å². The maximum Gasteiger partial charge on any atom is 0.187 e. The van der Waals surface area contributed by atoms with E-state index >= 15 is 0 Å². The summed E-state index contributed by atoms with van der Waals surface area (Å²) in [6, 6.07) is 0. The molecule has 0 radical (unpaired) electrons. The highest BCUT2D eigenvalue weighted by molar-refractivity contribution is 4.94. The highest BCUT2D eigenvalue weighted by Gasteiger charge is 2.51. The molecule has 3 aliphatic heterocycles. The highest BCUT2D eigenvalue weighted by Crippen LogP contribution is 2.29. The predicted molar refractivity (Wildman–Crippen MR) is 101 cm³/mol. The molecule has 0 aliphatic carbocycles. The first-order chi connectivity index (χ1) is 16.0. The number of aliphatic hydroxyl groups is 11. The lowest BCUT2D eigenvalue weighted by Crippen LogP contribution is -2.65. The Morgan fingerprint density at radius 1 is 0.500 bits per heavy atom. The molecule has 0 saturated carbocycles. The van der Waals surface area contributed by atoms with E-state index in [-0.39, 0.29) is 0 Å². The van der Waals surface area contributed by atoms with Crippen LogP contribution < -0.4 is 0 Å². The van der Waals surface area contributed by atoms with Crippen molar-refractivity contribution in [1.29, 1.82) is 0 Å². The molecule has 15 unspecified atom stereocenters. The Bertz CT molecular complexity index is 637. The van der Waals surface area contributed by atoms with E-state index in [0.717, 1.165) is 0 Å². The highest BCUT2D eigenvalue weighted by atomic mass is 16.7. The lowest BCUT2D eigenvalue weighted by Gasteiger charge is -2.45. The normalized spacial score (nSPS) is 52.5. The molecule has 3 aliphatic rings. The van der Waals surface area contributed by atoms with Gasteiger partial charge in [0.25, 0.3) is 0 Å². The number of hydrogen-bond acceptors (Lipinski definition) is 16. The first-order valence-electron chi connectivity index (χ1n) is 10.6. The van der Waals surface area contributed by atoms with Crippen LogP contribution in [-0.2, 0) is 23.7 Å². The van der Waals surface area contributed by atoms with Gasteiger partial charge >= 0.3 is 0 Å². The third-order valence-electron chi connectivity index (χ3n) is 6.07. The van der Waals surface area contributed by atoms with E-state index in [0.29, 0.717) is 0 Å². The van der Waals surface area contributed by atoms with Crippen molar-refractivity contribution < 1.29 is 79.9 Å². The van der Waals surface area contributed by atoms with Gasteiger partial charge in [0, 0.05) is 0 Å². The van der Waals surface area contributed by atoms with Crippen molar-refractivity contribution >= 4 is 0 Å². The maximum atomic E-state index is 10.6. The fourth-order valence-corrected chi connectivity index (χ4v) is 3.94. The smallest absolute Gasteiger partial charge is 0.187 e. The molecule has 3 rings (SSSR count). The molecule has 0 aromatic rings. The molecular weight excluding hydrogens is 472 g/mol. The zero-order valence-corrected chi connectivity index (χ0v) is 17.7. The summed E-state index contributed by atoms with van der Waals surface area (Å²) in [6.45, 7) is -2.06. The largest absolute Gasteiger partial charge is 0.394 e. The lowest BCUT2D eigenvalue weighted by molar-refractivity contribution is -0.361. The Hall–Kier alpha value is -0.640. The molecule has 0 spiro atoms. The van der Waals surface area contributed by atoms with Crippen LogP contribution in [0, 0.1) is 0 Å². The van der Waals surface area contributed by atoms with Crippen LogP contribution in [0.2, 0.25) is 0 Å². The summed E-state index contributed by atoms with van der Waals surface area (Å²) in [7, 11) is 0. The van der Waals surface area contributed by atoms with Crippen LogP contribution in [0.25, 0.3) is 0 Å². The maximum absolute atomic E-state index is 10.6. The van der Waals surface area contributed by atoms with Crippen LogP contribution in [0.4, 0.5) is 0 Å². The third-order valence-corrected chi connectivity index (χ3v) is 6.07. The average Bonchev–Trinajstić information content (AvgIpc) is 2.82. The second-order valence-corrected chi connectivity index (χ2v) is 8.37. The number of rotatable bonds is 7. The quantitative estimate of drug-likeness (QED) is 0.154. The monoisotopic (exact) mass is 504 g/mol. The molecule has 15 atom stereocenters. The zero-order valence-electron chi connectivity index (χ0n) is 17.7. The summed E-state index contributed by atoms with van der Waals surface area (Å²) in [6.07, 6.45) is -24.9.